The van der Waals surface area contributed by atoms with E-state index in [0.29, 0.717) is 21.4 Å². The number of halogens is 4. The number of nitrogens with one attached hydrogen (secondary N) is 1. The summed E-state index contributed by atoms with van der Waals surface area (Å²) in [6, 6.07) is 10.3. The van der Waals surface area contributed by atoms with Crippen LogP contribution in [0.1, 0.15) is 20.9 Å². The van der Waals surface area contributed by atoms with Gasteiger partial charge in [0.15, 0.2) is 5.76 Å². The standard InChI is InChI=1S/C18H9Cl4NO4/c19-8-1-2-11(20)9(5-8)15-3-4-16(27-15)17(24)23-14-6-10(18(25)26)12(21)7-13(14)22/h1-7H,(H,23,24)(H,25,26). The molecule has 0 radical (unpaired) electrons. The number of furan rings is 1. The maximum Gasteiger partial charge on any atom is 0.337 e. The summed E-state index contributed by atoms with van der Waals surface area (Å²) >= 11 is 23.9. The number of carboxylic acid groups (broad SMARTS) is 1. The highest BCUT2D eigenvalue weighted by Crippen LogP contribution is 2.33. The molecule has 0 aliphatic carbocycles. The van der Waals surface area contributed by atoms with Crippen LogP contribution in [0.15, 0.2) is 46.9 Å². The Morgan fingerprint density at radius 2 is 1.63 bits per heavy atom. The van der Waals surface area contributed by atoms with Crippen molar-refractivity contribution in [3.05, 3.63) is 73.9 Å². The molecule has 0 saturated heterocycles. The van der Waals surface area contributed by atoms with Gasteiger partial charge in [0.1, 0.15) is 5.76 Å². The van der Waals surface area contributed by atoms with Crippen LogP contribution in [0.2, 0.25) is 20.1 Å². The number of carboxylic acids is 1. The van der Waals surface area contributed by atoms with E-state index in [1.165, 1.54) is 18.2 Å². The monoisotopic (exact) mass is 443 g/mol. The molecular weight excluding hydrogens is 436 g/mol. The van der Waals surface area contributed by atoms with E-state index in [9.17, 15) is 9.59 Å². The summed E-state index contributed by atoms with van der Waals surface area (Å²) in [4.78, 5) is 23.6. The second-order valence-electron chi connectivity index (χ2n) is 5.36. The summed E-state index contributed by atoms with van der Waals surface area (Å²) in [6.45, 7) is 0. The van der Waals surface area contributed by atoms with E-state index in [-0.39, 0.29) is 27.1 Å². The summed E-state index contributed by atoms with van der Waals surface area (Å²) in [7, 11) is 0. The predicted molar refractivity (Wildman–Crippen MR) is 106 cm³/mol. The van der Waals surface area contributed by atoms with Crippen molar-refractivity contribution in [2.75, 3.05) is 5.32 Å². The molecule has 0 bridgehead atoms. The molecular formula is C18H9Cl4NO4. The van der Waals surface area contributed by atoms with Crippen LogP contribution in [0.25, 0.3) is 11.3 Å². The molecule has 0 saturated carbocycles. The van der Waals surface area contributed by atoms with Crippen LogP contribution in [0, 0.1) is 0 Å². The Balaban J connectivity index is 1.88. The van der Waals surface area contributed by atoms with Gasteiger partial charge < -0.3 is 14.8 Å². The molecule has 9 heteroatoms. The third-order valence-corrected chi connectivity index (χ3v) is 4.75. The molecule has 3 aromatic rings. The normalized spacial score (nSPS) is 10.7. The van der Waals surface area contributed by atoms with Gasteiger partial charge in [0.25, 0.3) is 5.91 Å². The fourth-order valence-corrected chi connectivity index (χ4v) is 3.18. The molecule has 2 N–H and O–H groups in total. The Bertz CT molecular complexity index is 1060. The van der Waals surface area contributed by atoms with Gasteiger partial charge in [-0.15, -0.1) is 0 Å². The lowest BCUT2D eigenvalue weighted by Gasteiger charge is -2.08. The SMILES string of the molecule is O=C(Nc1cc(C(=O)O)c(Cl)cc1Cl)c1ccc(-c2cc(Cl)ccc2Cl)o1. The van der Waals surface area contributed by atoms with E-state index >= 15 is 0 Å². The quantitative estimate of drug-likeness (QED) is 0.480. The van der Waals surface area contributed by atoms with E-state index in [4.69, 9.17) is 55.9 Å². The maximum atomic E-state index is 12.4. The summed E-state index contributed by atoms with van der Waals surface area (Å²) in [5.74, 6) is -1.55. The minimum absolute atomic E-state index is 0.0241. The predicted octanol–water partition coefficient (Wildman–Crippen LogP) is 6.51. The van der Waals surface area contributed by atoms with Crippen molar-refractivity contribution in [2.45, 2.75) is 0 Å². The van der Waals surface area contributed by atoms with Crippen molar-refractivity contribution in [3.63, 3.8) is 0 Å². The van der Waals surface area contributed by atoms with Crippen LogP contribution in [0.5, 0.6) is 0 Å². The molecule has 3 rings (SSSR count). The molecule has 138 valence electrons. The van der Waals surface area contributed by atoms with E-state index in [2.05, 4.69) is 5.32 Å². The van der Waals surface area contributed by atoms with Crippen molar-refractivity contribution < 1.29 is 19.1 Å². The highest BCUT2D eigenvalue weighted by molar-refractivity contribution is 6.38. The first-order valence-corrected chi connectivity index (χ1v) is 8.86. The third kappa shape index (κ3) is 4.22. The van der Waals surface area contributed by atoms with Crippen LogP contribution in [-0.2, 0) is 0 Å². The first-order chi connectivity index (χ1) is 12.8. The van der Waals surface area contributed by atoms with Gasteiger partial charge >= 0.3 is 5.97 Å². The first-order valence-electron chi connectivity index (χ1n) is 7.35. The van der Waals surface area contributed by atoms with E-state index in [0.717, 1.165) is 0 Å². The maximum absolute atomic E-state index is 12.4. The molecule has 0 atom stereocenters. The highest BCUT2D eigenvalue weighted by Gasteiger charge is 2.18. The molecule has 0 aliphatic rings. The van der Waals surface area contributed by atoms with Gasteiger partial charge in [-0.3, -0.25) is 4.79 Å². The molecule has 0 fully saturated rings. The van der Waals surface area contributed by atoms with E-state index in [1.54, 1.807) is 24.3 Å². The van der Waals surface area contributed by atoms with Gasteiger partial charge in [0.05, 0.1) is 26.3 Å². The van der Waals surface area contributed by atoms with Crippen LogP contribution >= 0.6 is 46.4 Å². The van der Waals surface area contributed by atoms with Crippen molar-refractivity contribution >= 4 is 64.0 Å². The summed E-state index contributed by atoms with van der Waals surface area (Å²) < 4.78 is 5.54. The summed E-state index contributed by atoms with van der Waals surface area (Å²) in [5.41, 5.74) is 0.422. The molecule has 0 spiro atoms. The number of aromatic carboxylic acids is 1. The number of hydrogen-bond donors (Lipinski definition) is 2. The van der Waals surface area contributed by atoms with Crippen LogP contribution in [0.3, 0.4) is 0 Å². The number of carbonyl (C=O) groups excluding carboxylic acids is 1. The Kier molecular flexibility index (Phi) is 5.67. The number of anilines is 1. The number of benzene rings is 2. The van der Waals surface area contributed by atoms with Crippen molar-refractivity contribution in [1.82, 2.24) is 0 Å². The molecule has 5 nitrogen and oxygen atoms in total. The van der Waals surface area contributed by atoms with E-state index in [1.807, 2.05) is 0 Å². The van der Waals surface area contributed by atoms with Gasteiger partial charge in [-0.1, -0.05) is 46.4 Å². The Morgan fingerprint density at radius 1 is 0.889 bits per heavy atom. The number of carbonyl (C=O) groups is 2. The van der Waals surface area contributed by atoms with Crippen LogP contribution in [0.4, 0.5) is 5.69 Å². The molecule has 0 aliphatic heterocycles. The number of hydrogen-bond acceptors (Lipinski definition) is 3. The Hall–Kier alpha value is -2.18. The first kappa shape index (κ1) is 19.6. The third-order valence-electron chi connectivity index (χ3n) is 3.56. The lowest BCUT2D eigenvalue weighted by Crippen LogP contribution is -2.12. The van der Waals surface area contributed by atoms with Gasteiger partial charge in [0.2, 0.25) is 0 Å². The fraction of sp³-hybridized carbons (Fsp3) is 0. The number of amides is 1. The zero-order chi connectivity index (χ0) is 19.7. The minimum atomic E-state index is -1.25. The smallest absolute Gasteiger partial charge is 0.337 e. The van der Waals surface area contributed by atoms with Crippen molar-refractivity contribution in [2.24, 2.45) is 0 Å². The fourth-order valence-electron chi connectivity index (χ4n) is 2.28. The highest BCUT2D eigenvalue weighted by atomic mass is 35.5. The molecule has 27 heavy (non-hydrogen) atoms. The molecule has 1 heterocycles. The minimum Gasteiger partial charge on any atom is -0.478 e. The molecule has 0 unspecified atom stereocenters. The lowest BCUT2D eigenvalue weighted by atomic mass is 10.2. The second kappa shape index (κ2) is 7.82. The van der Waals surface area contributed by atoms with E-state index < -0.39 is 11.9 Å². The second-order valence-corrected chi connectivity index (χ2v) is 7.02. The zero-order valence-corrected chi connectivity index (χ0v) is 16.2. The average Bonchev–Trinajstić information content (AvgIpc) is 3.09. The van der Waals surface area contributed by atoms with Crippen molar-refractivity contribution in [3.8, 4) is 11.3 Å². The molecule has 1 amide bonds. The van der Waals surface area contributed by atoms with Gasteiger partial charge in [-0.25, -0.2) is 4.79 Å². The van der Waals surface area contributed by atoms with Gasteiger partial charge in [-0.2, -0.15) is 0 Å². The summed E-state index contributed by atoms with van der Waals surface area (Å²) in [6.07, 6.45) is 0. The lowest BCUT2D eigenvalue weighted by molar-refractivity contribution is 0.0696. The number of rotatable bonds is 4. The van der Waals surface area contributed by atoms with Crippen LogP contribution in [-0.4, -0.2) is 17.0 Å². The average molecular weight is 445 g/mol. The van der Waals surface area contributed by atoms with Gasteiger partial charge in [0, 0.05) is 10.6 Å². The van der Waals surface area contributed by atoms with Crippen molar-refractivity contribution in [1.29, 1.82) is 0 Å². The Morgan fingerprint density at radius 3 is 2.33 bits per heavy atom. The topological polar surface area (TPSA) is 79.5 Å². The summed E-state index contributed by atoms with van der Waals surface area (Å²) in [5, 5.41) is 12.5. The Labute approximate surface area is 173 Å². The van der Waals surface area contributed by atoms with Crippen LogP contribution < -0.4 is 5.32 Å². The largest absolute Gasteiger partial charge is 0.478 e. The zero-order valence-electron chi connectivity index (χ0n) is 13.2. The molecule has 1 aromatic heterocycles. The van der Waals surface area contributed by atoms with Gasteiger partial charge in [-0.05, 0) is 42.5 Å². The molecule has 2 aromatic carbocycles.